The average Bonchev–Trinajstić information content (AvgIpc) is 2.65. The smallest absolute Gasteiger partial charge is 0.221 e. The van der Waals surface area contributed by atoms with Gasteiger partial charge in [0.1, 0.15) is 5.75 Å². The first-order chi connectivity index (χ1) is 12.6. The van der Waals surface area contributed by atoms with Gasteiger partial charge in [-0.1, -0.05) is 12.1 Å². The summed E-state index contributed by atoms with van der Waals surface area (Å²) in [5.41, 5.74) is 1.15. The molecule has 1 aromatic rings. The molecule has 7 nitrogen and oxygen atoms in total. The number of hydrogen-bond acceptors (Lipinski definition) is 5. The first-order valence-corrected chi connectivity index (χ1v) is 9.21. The van der Waals surface area contributed by atoms with E-state index in [0.29, 0.717) is 19.5 Å². The molecular formula is C19H30N4O3. The van der Waals surface area contributed by atoms with Crippen LogP contribution in [0.3, 0.4) is 0 Å². The molecule has 2 rings (SSSR count). The highest BCUT2D eigenvalue weighted by Crippen LogP contribution is 2.28. The van der Waals surface area contributed by atoms with Crippen molar-refractivity contribution in [1.29, 1.82) is 0 Å². The quantitative estimate of drug-likeness (QED) is 0.637. The van der Waals surface area contributed by atoms with Gasteiger partial charge < -0.3 is 20.3 Å². The van der Waals surface area contributed by atoms with Crippen LogP contribution in [0.25, 0.3) is 0 Å². The zero-order valence-corrected chi connectivity index (χ0v) is 15.8. The third-order valence-corrected chi connectivity index (χ3v) is 4.50. The monoisotopic (exact) mass is 362 g/mol. The van der Waals surface area contributed by atoms with Crippen molar-refractivity contribution in [3.8, 4) is 5.75 Å². The van der Waals surface area contributed by atoms with Gasteiger partial charge in [-0.3, -0.25) is 14.5 Å². The van der Waals surface area contributed by atoms with Gasteiger partial charge in [-0.25, -0.2) is 0 Å². The Bertz CT molecular complexity index is 586. The van der Waals surface area contributed by atoms with Crippen LogP contribution in [0.2, 0.25) is 0 Å². The first-order valence-electron chi connectivity index (χ1n) is 9.21. The van der Waals surface area contributed by atoms with Crippen molar-refractivity contribution in [2.45, 2.75) is 19.8 Å². The molecule has 0 aromatic heterocycles. The highest BCUT2D eigenvalue weighted by atomic mass is 16.5. The van der Waals surface area contributed by atoms with Gasteiger partial charge in [0.2, 0.25) is 11.8 Å². The fourth-order valence-electron chi connectivity index (χ4n) is 3.07. The lowest BCUT2D eigenvalue weighted by atomic mass is 10.2. The maximum absolute atomic E-state index is 11.6. The molecule has 0 spiro atoms. The third-order valence-electron chi connectivity index (χ3n) is 4.50. The maximum atomic E-state index is 11.6. The number of nitrogens with one attached hydrogen (secondary N) is 2. The van der Waals surface area contributed by atoms with Crippen LogP contribution in [0.15, 0.2) is 24.3 Å². The van der Waals surface area contributed by atoms with E-state index < -0.39 is 0 Å². The van der Waals surface area contributed by atoms with E-state index in [1.807, 2.05) is 18.2 Å². The number of piperazine rings is 1. The molecule has 0 unspecified atom stereocenters. The number of carbonyl (C=O) groups excluding carboxylic acids is 2. The van der Waals surface area contributed by atoms with Crippen molar-refractivity contribution in [3.05, 3.63) is 24.3 Å². The van der Waals surface area contributed by atoms with Crippen LogP contribution in [-0.4, -0.2) is 69.6 Å². The summed E-state index contributed by atoms with van der Waals surface area (Å²) in [5, 5.41) is 5.52. The van der Waals surface area contributed by atoms with Gasteiger partial charge in [0.05, 0.1) is 12.8 Å². The number of amides is 2. The van der Waals surface area contributed by atoms with Gasteiger partial charge in [-0.15, -0.1) is 0 Å². The van der Waals surface area contributed by atoms with Crippen LogP contribution in [0.5, 0.6) is 5.75 Å². The van der Waals surface area contributed by atoms with E-state index in [1.54, 1.807) is 7.11 Å². The molecule has 2 amide bonds. The minimum Gasteiger partial charge on any atom is -0.495 e. The van der Waals surface area contributed by atoms with E-state index in [0.717, 1.165) is 50.6 Å². The van der Waals surface area contributed by atoms with E-state index in [4.69, 9.17) is 4.74 Å². The number of nitrogens with zero attached hydrogens (tertiary/aromatic N) is 2. The molecule has 26 heavy (non-hydrogen) atoms. The van der Waals surface area contributed by atoms with Gasteiger partial charge in [-0.2, -0.15) is 0 Å². The maximum Gasteiger partial charge on any atom is 0.221 e. The molecule has 1 aromatic carbocycles. The van der Waals surface area contributed by atoms with E-state index in [-0.39, 0.29) is 11.8 Å². The van der Waals surface area contributed by atoms with Crippen molar-refractivity contribution < 1.29 is 14.3 Å². The standard InChI is InChI=1S/C19H30N4O3/c1-16(24)20-10-8-19(25)21-9-5-11-22-12-14-23(15-13-22)17-6-3-4-7-18(17)26-2/h3-4,6-7H,5,8-15H2,1-2H3,(H,20,24)(H,21,25). The van der Waals surface area contributed by atoms with Crippen molar-refractivity contribution in [1.82, 2.24) is 15.5 Å². The Morgan fingerprint density at radius 3 is 2.50 bits per heavy atom. The van der Waals surface area contributed by atoms with E-state index >= 15 is 0 Å². The second-order valence-corrected chi connectivity index (χ2v) is 6.44. The molecule has 0 radical (unpaired) electrons. The molecule has 1 fully saturated rings. The summed E-state index contributed by atoms with van der Waals surface area (Å²) in [7, 11) is 1.71. The van der Waals surface area contributed by atoms with Crippen LogP contribution in [0.1, 0.15) is 19.8 Å². The lowest BCUT2D eigenvalue weighted by molar-refractivity contribution is -0.121. The molecule has 1 saturated heterocycles. The minimum absolute atomic E-state index is 0.0141. The third kappa shape index (κ3) is 6.55. The number of hydrogen-bond donors (Lipinski definition) is 2. The van der Waals surface area contributed by atoms with Gasteiger partial charge >= 0.3 is 0 Å². The molecule has 0 saturated carbocycles. The van der Waals surface area contributed by atoms with Gasteiger partial charge in [0.25, 0.3) is 0 Å². The number of para-hydroxylation sites is 2. The molecule has 0 aliphatic carbocycles. The Kier molecular flexibility index (Phi) is 8.21. The molecule has 2 N–H and O–H groups in total. The molecular weight excluding hydrogens is 332 g/mol. The molecule has 144 valence electrons. The number of anilines is 1. The SMILES string of the molecule is COc1ccccc1N1CCN(CCCNC(=O)CCNC(C)=O)CC1. The highest BCUT2D eigenvalue weighted by molar-refractivity contribution is 5.77. The van der Waals surface area contributed by atoms with Gasteiger partial charge in [0, 0.05) is 52.6 Å². The van der Waals surface area contributed by atoms with Crippen LogP contribution in [0.4, 0.5) is 5.69 Å². The molecule has 1 aliphatic heterocycles. The van der Waals surface area contributed by atoms with E-state index in [2.05, 4.69) is 26.5 Å². The number of methoxy groups -OCH3 is 1. The predicted octanol–water partition coefficient (Wildman–Crippen LogP) is 0.850. The molecule has 7 heteroatoms. The van der Waals surface area contributed by atoms with Crippen LogP contribution >= 0.6 is 0 Å². The normalized spacial score (nSPS) is 14.8. The van der Waals surface area contributed by atoms with Crippen molar-refractivity contribution in [3.63, 3.8) is 0 Å². The van der Waals surface area contributed by atoms with Gasteiger partial charge in [0.15, 0.2) is 0 Å². The number of carbonyl (C=O) groups is 2. The van der Waals surface area contributed by atoms with Crippen molar-refractivity contribution in [2.24, 2.45) is 0 Å². The number of ether oxygens (including phenoxy) is 1. The first kappa shape index (κ1) is 20.0. The van der Waals surface area contributed by atoms with Gasteiger partial charge in [-0.05, 0) is 25.1 Å². The second kappa shape index (κ2) is 10.7. The molecule has 1 heterocycles. The van der Waals surface area contributed by atoms with Crippen LogP contribution < -0.4 is 20.3 Å². The molecule has 0 bridgehead atoms. The zero-order valence-electron chi connectivity index (χ0n) is 15.8. The fraction of sp³-hybridized carbons (Fsp3) is 0.579. The Balaban J connectivity index is 1.60. The highest BCUT2D eigenvalue weighted by Gasteiger charge is 2.19. The largest absolute Gasteiger partial charge is 0.495 e. The van der Waals surface area contributed by atoms with E-state index in [1.165, 1.54) is 6.92 Å². The lowest BCUT2D eigenvalue weighted by Crippen LogP contribution is -2.47. The Hall–Kier alpha value is -2.28. The number of benzene rings is 1. The average molecular weight is 362 g/mol. The summed E-state index contributed by atoms with van der Waals surface area (Å²) in [6.45, 7) is 7.46. The molecule has 1 aliphatic rings. The zero-order chi connectivity index (χ0) is 18.8. The summed E-state index contributed by atoms with van der Waals surface area (Å²) < 4.78 is 5.45. The summed E-state index contributed by atoms with van der Waals surface area (Å²) in [6, 6.07) is 8.13. The van der Waals surface area contributed by atoms with Crippen molar-refractivity contribution >= 4 is 17.5 Å². The Labute approximate surface area is 155 Å². The van der Waals surface area contributed by atoms with E-state index in [9.17, 15) is 9.59 Å². The topological polar surface area (TPSA) is 73.9 Å². The lowest BCUT2D eigenvalue weighted by Gasteiger charge is -2.36. The fourth-order valence-corrected chi connectivity index (χ4v) is 3.07. The summed E-state index contributed by atoms with van der Waals surface area (Å²) in [5.74, 6) is 0.799. The van der Waals surface area contributed by atoms with Crippen molar-refractivity contribution in [2.75, 3.05) is 57.8 Å². The summed E-state index contributed by atoms with van der Waals surface area (Å²) >= 11 is 0. The summed E-state index contributed by atoms with van der Waals surface area (Å²) in [6.07, 6.45) is 1.26. The summed E-state index contributed by atoms with van der Waals surface area (Å²) in [4.78, 5) is 27.2. The Morgan fingerprint density at radius 2 is 1.81 bits per heavy atom. The molecule has 0 atom stereocenters. The number of rotatable bonds is 9. The van der Waals surface area contributed by atoms with Crippen LogP contribution in [0, 0.1) is 0 Å². The Morgan fingerprint density at radius 1 is 1.08 bits per heavy atom. The second-order valence-electron chi connectivity index (χ2n) is 6.44. The minimum atomic E-state index is -0.106. The van der Waals surface area contributed by atoms with Crippen LogP contribution in [-0.2, 0) is 9.59 Å². The predicted molar refractivity (Wildman–Crippen MR) is 103 cm³/mol.